The van der Waals surface area contributed by atoms with Crippen LogP contribution in [0.15, 0.2) is 48.2 Å². The van der Waals surface area contributed by atoms with Crippen molar-refractivity contribution in [2.45, 2.75) is 6.92 Å². The Hall–Kier alpha value is -3.52. The number of phenols is 1. The number of rotatable bonds is 6. The minimum Gasteiger partial charge on any atom is -0.507 e. The number of imide groups is 1. The van der Waals surface area contributed by atoms with Gasteiger partial charge in [0, 0.05) is 16.3 Å². The third-order valence-electron chi connectivity index (χ3n) is 4.00. The van der Waals surface area contributed by atoms with Gasteiger partial charge in [0.2, 0.25) is 5.91 Å². The molecule has 3 rings (SSSR count). The third kappa shape index (κ3) is 4.85. The summed E-state index contributed by atoms with van der Waals surface area (Å²) in [5.74, 6) is -0.657. The standard InChI is InChI=1S/C20H18ClN3O5/c1-2-29-15-6-4-14(5-7-15)22-18(26)11-24-19(27)16(23-20(24)28)10-12-9-13(21)3-8-17(12)25/h3-10,25H,2,11H2,1H3,(H,22,26)(H,23,28)/b16-10-. The summed E-state index contributed by atoms with van der Waals surface area (Å²) in [6.07, 6.45) is 1.30. The number of nitrogens with one attached hydrogen (secondary N) is 2. The van der Waals surface area contributed by atoms with Gasteiger partial charge in [-0.3, -0.25) is 9.59 Å². The van der Waals surface area contributed by atoms with Crippen LogP contribution in [0.4, 0.5) is 10.5 Å². The highest BCUT2D eigenvalue weighted by Crippen LogP contribution is 2.25. The fraction of sp³-hybridized carbons (Fsp3) is 0.150. The van der Waals surface area contributed by atoms with Gasteiger partial charge in [0.1, 0.15) is 23.7 Å². The number of amides is 4. The lowest BCUT2D eigenvalue weighted by molar-refractivity contribution is -0.127. The van der Waals surface area contributed by atoms with Crippen LogP contribution in [-0.4, -0.2) is 41.0 Å². The minimum absolute atomic E-state index is 0.0681. The van der Waals surface area contributed by atoms with Gasteiger partial charge in [0.05, 0.1) is 6.61 Å². The number of carbonyl (C=O) groups is 3. The Kier molecular flexibility index (Phi) is 6.04. The van der Waals surface area contributed by atoms with Gasteiger partial charge in [-0.2, -0.15) is 0 Å². The van der Waals surface area contributed by atoms with Crippen LogP contribution in [0.1, 0.15) is 12.5 Å². The summed E-state index contributed by atoms with van der Waals surface area (Å²) < 4.78 is 5.33. The van der Waals surface area contributed by atoms with Crippen molar-refractivity contribution in [1.29, 1.82) is 0 Å². The summed E-state index contributed by atoms with van der Waals surface area (Å²) in [6.45, 7) is 1.93. The van der Waals surface area contributed by atoms with Gasteiger partial charge < -0.3 is 20.5 Å². The van der Waals surface area contributed by atoms with Crippen LogP contribution >= 0.6 is 11.6 Å². The summed E-state index contributed by atoms with van der Waals surface area (Å²) in [7, 11) is 0. The smallest absolute Gasteiger partial charge is 0.329 e. The Bertz CT molecular complexity index is 988. The first-order chi connectivity index (χ1) is 13.9. The zero-order chi connectivity index (χ0) is 21.0. The summed E-state index contributed by atoms with van der Waals surface area (Å²) in [5.41, 5.74) is 0.702. The zero-order valence-corrected chi connectivity index (χ0v) is 16.2. The molecular formula is C20H18ClN3O5. The second kappa shape index (κ2) is 8.66. The van der Waals surface area contributed by atoms with Crippen LogP contribution in [-0.2, 0) is 9.59 Å². The highest BCUT2D eigenvalue weighted by atomic mass is 35.5. The molecule has 0 radical (unpaired) electrons. The molecule has 2 aromatic carbocycles. The Labute approximate surface area is 171 Å². The first kappa shape index (κ1) is 20.2. The second-order valence-electron chi connectivity index (χ2n) is 6.09. The summed E-state index contributed by atoms with van der Waals surface area (Å²) in [5, 5.41) is 15.2. The van der Waals surface area contributed by atoms with E-state index >= 15 is 0 Å². The Morgan fingerprint density at radius 2 is 1.97 bits per heavy atom. The molecule has 1 aliphatic rings. The van der Waals surface area contributed by atoms with Crippen molar-refractivity contribution in [2.24, 2.45) is 0 Å². The normalized spacial score (nSPS) is 14.8. The highest BCUT2D eigenvalue weighted by molar-refractivity contribution is 6.30. The highest BCUT2D eigenvalue weighted by Gasteiger charge is 2.35. The second-order valence-corrected chi connectivity index (χ2v) is 6.52. The molecule has 0 spiro atoms. The van der Waals surface area contributed by atoms with E-state index in [2.05, 4.69) is 10.6 Å². The molecule has 1 saturated heterocycles. The predicted molar refractivity (Wildman–Crippen MR) is 108 cm³/mol. The van der Waals surface area contributed by atoms with E-state index in [1.807, 2.05) is 6.92 Å². The lowest BCUT2D eigenvalue weighted by atomic mass is 10.1. The van der Waals surface area contributed by atoms with E-state index in [0.717, 1.165) is 4.90 Å². The van der Waals surface area contributed by atoms with Gasteiger partial charge in [-0.05, 0) is 55.5 Å². The first-order valence-corrected chi connectivity index (χ1v) is 9.11. The number of benzene rings is 2. The predicted octanol–water partition coefficient (Wildman–Crippen LogP) is 2.98. The fourth-order valence-electron chi connectivity index (χ4n) is 2.66. The average Bonchev–Trinajstić information content (AvgIpc) is 2.94. The van der Waals surface area contributed by atoms with E-state index in [1.165, 1.54) is 24.3 Å². The number of anilines is 1. The summed E-state index contributed by atoms with van der Waals surface area (Å²) in [6, 6.07) is 10.3. The minimum atomic E-state index is -0.732. The SMILES string of the molecule is CCOc1ccc(NC(=O)CN2C(=O)N/C(=C\c3cc(Cl)ccc3O)C2=O)cc1. The van der Waals surface area contributed by atoms with Gasteiger partial charge >= 0.3 is 6.03 Å². The molecule has 29 heavy (non-hydrogen) atoms. The summed E-state index contributed by atoms with van der Waals surface area (Å²) >= 11 is 5.89. The zero-order valence-electron chi connectivity index (χ0n) is 15.4. The molecule has 0 aliphatic carbocycles. The van der Waals surface area contributed by atoms with Crippen molar-refractivity contribution in [1.82, 2.24) is 10.2 Å². The average molecular weight is 416 g/mol. The van der Waals surface area contributed by atoms with E-state index in [9.17, 15) is 19.5 Å². The van der Waals surface area contributed by atoms with Crippen molar-refractivity contribution in [3.63, 3.8) is 0 Å². The van der Waals surface area contributed by atoms with Crippen LogP contribution in [0.5, 0.6) is 11.5 Å². The molecule has 0 saturated carbocycles. The van der Waals surface area contributed by atoms with Gasteiger partial charge in [0.15, 0.2) is 0 Å². The van der Waals surface area contributed by atoms with Crippen LogP contribution in [0.3, 0.4) is 0 Å². The number of ether oxygens (including phenoxy) is 1. The number of carbonyl (C=O) groups excluding carboxylic acids is 3. The van der Waals surface area contributed by atoms with Crippen molar-refractivity contribution in [3.05, 3.63) is 58.7 Å². The Morgan fingerprint density at radius 1 is 1.24 bits per heavy atom. The van der Waals surface area contributed by atoms with Gasteiger partial charge in [-0.25, -0.2) is 9.69 Å². The monoisotopic (exact) mass is 415 g/mol. The van der Waals surface area contributed by atoms with Crippen LogP contribution < -0.4 is 15.4 Å². The van der Waals surface area contributed by atoms with Crippen LogP contribution in [0, 0.1) is 0 Å². The largest absolute Gasteiger partial charge is 0.507 e. The van der Waals surface area contributed by atoms with Gasteiger partial charge in [-0.15, -0.1) is 0 Å². The van der Waals surface area contributed by atoms with E-state index in [4.69, 9.17) is 16.3 Å². The van der Waals surface area contributed by atoms with Gasteiger partial charge in [-0.1, -0.05) is 11.6 Å². The van der Waals surface area contributed by atoms with E-state index < -0.39 is 24.4 Å². The maximum atomic E-state index is 12.5. The van der Waals surface area contributed by atoms with Crippen molar-refractivity contribution < 1.29 is 24.2 Å². The molecule has 4 amide bonds. The lowest BCUT2D eigenvalue weighted by Crippen LogP contribution is -2.38. The number of nitrogens with zero attached hydrogens (tertiary/aromatic N) is 1. The van der Waals surface area contributed by atoms with Gasteiger partial charge in [0.25, 0.3) is 5.91 Å². The van der Waals surface area contributed by atoms with Crippen LogP contribution in [0.25, 0.3) is 6.08 Å². The first-order valence-electron chi connectivity index (χ1n) is 8.73. The molecule has 0 bridgehead atoms. The number of halogens is 1. The molecule has 0 atom stereocenters. The molecular weight excluding hydrogens is 398 g/mol. The van der Waals surface area contributed by atoms with Crippen molar-refractivity contribution >= 4 is 41.2 Å². The lowest BCUT2D eigenvalue weighted by Gasteiger charge is -2.12. The molecule has 8 nitrogen and oxygen atoms in total. The number of urea groups is 1. The molecule has 3 N–H and O–H groups in total. The molecule has 1 heterocycles. The fourth-order valence-corrected chi connectivity index (χ4v) is 2.84. The van der Waals surface area contributed by atoms with E-state index in [1.54, 1.807) is 24.3 Å². The van der Waals surface area contributed by atoms with E-state index in [-0.39, 0.29) is 17.0 Å². The Morgan fingerprint density at radius 3 is 2.66 bits per heavy atom. The molecule has 1 aliphatic heterocycles. The maximum absolute atomic E-state index is 12.5. The Balaban J connectivity index is 1.67. The number of aromatic hydroxyl groups is 1. The molecule has 1 fully saturated rings. The van der Waals surface area contributed by atoms with Crippen molar-refractivity contribution in [3.8, 4) is 11.5 Å². The molecule has 150 valence electrons. The van der Waals surface area contributed by atoms with E-state index in [0.29, 0.717) is 23.1 Å². The third-order valence-corrected chi connectivity index (χ3v) is 4.24. The number of hydrogen-bond acceptors (Lipinski definition) is 5. The molecule has 2 aromatic rings. The molecule has 0 unspecified atom stereocenters. The summed E-state index contributed by atoms with van der Waals surface area (Å²) in [4.78, 5) is 37.6. The topological polar surface area (TPSA) is 108 Å². The van der Waals surface area contributed by atoms with Crippen molar-refractivity contribution in [2.75, 3.05) is 18.5 Å². The maximum Gasteiger partial charge on any atom is 0.329 e. The van der Waals surface area contributed by atoms with Crippen LogP contribution in [0.2, 0.25) is 5.02 Å². The number of hydrogen-bond donors (Lipinski definition) is 3. The molecule has 0 aromatic heterocycles. The number of phenolic OH excluding ortho intramolecular Hbond substituents is 1. The molecule has 9 heteroatoms. The quantitative estimate of drug-likeness (QED) is 0.496.